The van der Waals surface area contributed by atoms with Crippen LogP contribution in [0.3, 0.4) is 0 Å². The summed E-state index contributed by atoms with van der Waals surface area (Å²) < 4.78 is 32.3. The minimum atomic E-state index is -0.929. The summed E-state index contributed by atoms with van der Waals surface area (Å²) in [6, 6.07) is 9.07. The number of halogens is 2. The number of hydrogen-bond acceptors (Lipinski definition) is 3. The Morgan fingerprint density at radius 2 is 1.77 bits per heavy atom. The maximum absolute atomic E-state index is 13.7. The smallest absolute Gasteiger partial charge is 0.256 e. The van der Waals surface area contributed by atoms with Gasteiger partial charge in [-0.2, -0.15) is 0 Å². The number of ether oxygens (including phenoxy) is 1. The molecule has 2 aliphatic rings. The number of benzene rings is 2. The summed E-state index contributed by atoms with van der Waals surface area (Å²) in [6.07, 6.45) is 3.03. The molecular formula is C24H25F2NO3. The fraction of sp³-hybridized carbons (Fsp3) is 0.375. The van der Waals surface area contributed by atoms with Crippen molar-refractivity contribution in [2.45, 2.75) is 38.1 Å². The Hall–Kier alpha value is -2.73. The van der Waals surface area contributed by atoms with E-state index < -0.39 is 17.2 Å². The largest absolute Gasteiger partial charge is 0.509 e. The lowest BCUT2D eigenvalue weighted by Crippen LogP contribution is -2.47. The van der Waals surface area contributed by atoms with E-state index >= 15 is 0 Å². The molecule has 2 aromatic rings. The molecule has 4 nitrogen and oxygen atoms in total. The van der Waals surface area contributed by atoms with Gasteiger partial charge in [-0.15, -0.1) is 0 Å². The third kappa shape index (κ3) is 3.49. The van der Waals surface area contributed by atoms with E-state index in [1.165, 1.54) is 6.07 Å². The van der Waals surface area contributed by atoms with E-state index in [1.54, 1.807) is 19.2 Å². The van der Waals surface area contributed by atoms with Crippen molar-refractivity contribution < 1.29 is 23.4 Å². The van der Waals surface area contributed by atoms with Crippen LogP contribution < -0.4 is 5.32 Å². The molecule has 1 aliphatic heterocycles. The van der Waals surface area contributed by atoms with Crippen molar-refractivity contribution in [2.24, 2.45) is 5.92 Å². The molecule has 1 amide bonds. The van der Waals surface area contributed by atoms with Crippen molar-refractivity contribution in [3.63, 3.8) is 0 Å². The molecule has 0 unspecified atom stereocenters. The second-order valence-electron chi connectivity index (χ2n) is 8.32. The highest BCUT2D eigenvalue weighted by Crippen LogP contribution is 2.43. The van der Waals surface area contributed by atoms with Crippen LogP contribution >= 0.6 is 0 Å². The van der Waals surface area contributed by atoms with E-state index in [1.807, 2.05) is 13.0 Å². The SMILES string of the molecule is COC[C@H]1CC[C@@]2(CC1)NC(=O)C(c1cc(-c3ccc(F)c(F)c3)ccc1C)=C2O. The molecule has 1 heterocycles. The molecular weight excluding hydrogens is 388 g/mol. The Balaban J connectivity index is 1.71. The fourth-order valence-corrected chi connectivity index (χ4v) is 4.62. The maximum atomic E-state index is 13.7. The number of aliphatic hydroxyl groups excluding tert-OH is 1. The van der Waals surface area contributed by atoms with Gasteiger partial charge in [0.1, 0.15) is 5.76 Å². The van der Waals surface area contributed by atoms with Crippen LogP contribution in [0.15, 0.2) is 42.2 Å². The predicted octanol–water partition coefficient (Wildman–Crippen LogP) is 4.91. The van der Waals surface area contributed by atoms with Crippen LogP contribution in [-0.2, 0) is 9.53 Å². The molecule has 0 radical (unpaired) electrons. The molecule has 0 bridgehead atoms. The zero-order valence-electron chi connectivity index (χ0n) is 17.1. The number of carbonyl (C=O) groups excluding carboxylic acids is 1. The van der Waals surface area contributed by atoms with Crippen molar-refractivity contribution in [3.8, 4) is 11.1 Å². The van der Waals surface area contributed by atoms with Gasteiger partial charge < -0.3 is 15.2 Å². The Morgan fingerprint density at radius 3 is 2.43 bits per heavy atom. The number of methoxy groups -OCH3 is 1. The summed E-state index contributed by atoms with van der Waals surface area (Å²) in [6.45, 7) is 2.54. The van der Waals surface area contributed by atoms with Crippen molar-refractivity contribution in [1.29, 1.82) is 0 Å². The van der Waals surface area contributed by atoms with E-state index in [4.69, 9.17) is 4.74 Å². The Morgan fingerprint density at radius 1 is 1.10 bits per heavy atom. The molecule has 158 valence electrons. The topological polar surface area (TPSA) is 58.6 Å². The number of amides is 1. The van der Waals surface area contributed by atoms with Crippen molar-refractivity contribution >= 4 is 11.5 Å². The number of aliphatic hydroxyl groups is 1. The number of carbonyl (C=O) groups is 1. The van der Waals surface area contributed by atoms with E-state index in [-0.39, 0.29) is 17.2 Å². The molecule has 4 rings (SSSR count). The third-order valence-corrected chi connectivity index (χ3v) is 6.39. The monoisotopic (exact) mass is 413 g/mol. The van der Waals surface area contributed by atoms with E-state index in [0.29, 0.717) is 42.1 Å². The molecule has 1 aliphatic carbocycles. The van der Waals surface area contributed by atoms with Crippen molar-refractivity contribution in [3.05, 3.63) is 64.9 Å². The Labute approximate surface area is 174 Å². The molecule has 1 fully saturated rings. The molecule has 1 spiro atoms. The first kappa shape index (κ1) is 20.5. The highest BCUT2D eigenvalue weighted by molar-refractivity contribution is 6.23. The summed E-state index contributed by atoms with van der Waals surface area (Å²) in [5, 5.41) is 14.1. The van der Waals surface area contributed by atoms with E-state index in [2.05, 4.69) is 5.32 Å². The van der Waals surface area contributed by atoms with Crippen LogP contribution in [-0.4, -0.2) is 30.3 Å². The average Bonchev–Trinajstić information content (AvgIpc) is 2.96. The van der Waals surface area contributed by atoms with Gasteiger partial charge >= 0.3 is 0 Å². The molecule has 1 saturated carbocycles. The Kier molecular flexibility index (Phi) is 5.36. The van der Waals surface area contributed by atoms with Crippen LogP contribution in [0.5, 0.6) is 0 Å². The lowest BCUT2D eigenvalue weighted by Gasteiger charge is -2.37. The Bertz CT molecular complexity index is 1020. The van der Waals surface area contributed by atoms with Gasteiger partial charge in [-0.25, -0.2) is 8.78 Å². The lowest BCUT2D eigenvalue weighted by atomic mass is 9.76. The normalized spacial score (nSPS) is 23.9. The number of rotatable bonds is 4. The minimum absolute atomic E-state index is 0.0777. The fourth-order valence-electron chi connectivity index (χ4n) is 4.62. The molecule has 0 aromatic heterocycles. The van der Waals surface area contributed by atoms with Gasteiger partial charge in [0, 0.05) is 13.7 Å². The standard InChI is InChI=1S/C24H25F2NO3/c1-14-3-4-16(17-5-6-19(25)20(26)12-17)11-18(14)21-22(28)24(27-23(21)29)9-7-15(8-10-24)13-30-2/h3-6,11-12,15,28H,7-10,13H2,1-2H3,(H,27,29)/t15-,24-. The van der Waals surface area contributed by atoms with Crippen LogP contribution in [0, 0.1) is 24.5 Å². The summed E-state index contributed by atoms with van der Waals surface area (Å²) in [5.41, 5.74) is 2.10. The van der Waals surface area contributed by atoms with Crippen LogP contribution in [0.25, 0.3) is 16.7 Å². The summed E-state index contributed by atoms with van der Waals surface area (Å²) in [7, 11) is 1.68. The zero-order valence-corrected chi connectivity index (χ0v) is 17.1. The first-order chi connectivity index (χ1) is 14.3. The molecule has 2 N–H and O–H groups in total. The highest BCUT2D eigenvalue weighted by Gasteiger charge is 2.48. The van der Waals surface area contributed by atoms with Crippen LogP contribution in [0.4, 0.5) is 8.78 Å². The average molecular weight is 413 g/mol. The summed E-state index contributed by atoms with van der Waals surface area (Å²) in [5.74, 6) is -1.64. The van der Waals surface area contributed by atoms with Crippen molar-refractivity contribution in [2.75, 3.05) is 13.7 Å². The molecule has 30 heavy (non-hydrogen) atoms. The third-order valence-electron chi connectivity index (χ3n) is 6.39. The lowest BCUT2D eigenvalue weighted by molar-refractivity contribution is -0.116. The number of aryl methyl sites for hydroxylation is 1. The van der Waals surface area contributed by atoms with Gasteiger partial charge in [0.25, 0.3) is 5.91 Å². The second-order valence-corrected chi connectivity index (χ2v) is 8.32. The van der Waals surface area contributed by atoms with Gasteiger partial charge in [-0.1, -0.05) is 18.2 Å². The predicted molar refractivity (Wildman–Crippen MR) is 111 cm³/mol. The van der Waals surface area contributed by atoms with Gasteiger partial charge in [-0.3, -0.25) is 4.79 Å². The second kappa shape index (κ2) is 7.84. The maximum Gasteiger partial charge on any atom is 0.256 e. The minimum Gasteiger partial charge on any atom is -0.509 e. The van der Waals surface area contributed by atoms with Gasteiger partial charge in [0.15, 0.2) is 11.6 Å². The van der Waals surface area contributed by atoms with E-state index in [9.17, 15) is 18.7 Å². The van der Waals surface area contributed by atoms with Crippen LogP contribution in [0.2, 0.25) is 0 Å². The van der Waals surface area contributed by atoms with Crippen molar-refractivity contribution in [1.82, 2.24) is 5.32 Å². The molecule has 2 aromatic carbocycles. The number of nitrogens with one attached hydrogen (secondary N) is 1. The van der Waals surface area contributed by atoms with Gasteiger partial charge in [0.05, 0.1) is 11.1 Å². The molecule has 6 heteroatoms. The first-order valence-corrected chi connectivity index (χ1v) is 10.2. The van der Waals surface area contributed by atoms with Crippen LogP contribution in [0.1, 0.15) is 36.8 Å². The van der Waals surface area contributed by atoms with E-state index in [0.717, 1.165) is 30.5 Å². The first-order valence-electron chi connectivity index (χ1n) is 10.2. The summed E-state index contributed by atoms with van der Waals surface area (Å²) >= 11 is 0. The summed E-state index contributed by atoms with van der Waals surface area (Å²) in [4.78, 5) is 12.9. The van der Waals surface area contributed by atoms with Gasteiger partial charge in [0.2, 0.25) is 0 Å². The quantitative estimate of drug-likeness (QED) is 0.749. The number of hydrogen-bond donors (Lipinski definition) is 2. The zero-order chi connectivity index (χ0) is 21.5. The van der Waals surface area contributed by atoms with Gasteiger partial charge in [-0.05, 0) is 79.0 Å². The highest BCUT2D eigenvalue weighted by atomic mass is 19.2. The molecule has 0 saturated heterocycles. The molecule has 0 atom stereocenters.